The monoisotopic (exact) mass is 352 g/mol. The molecule has 24 heavy (non-hydrogen) atoms. The van der Waals surface area contributed by atoms with Crippen molar-refractivity contribution in [1.82, 2.24) is 29.8 Å². The molecule has 0 aromatic rings. The largest absolute Gasteiger partial charge is 0.381 e. The number of aliphatic hydroxyl groups is 5. The smallest absolute Gasteiger partial charge is 0.136 e. The molecule has 1 rings (SSSR count). The van der Waals surface area contributed by atoms with Gasteiger partial charge in [0.05, 0.1) is 6.73 Å². The Balaban J connectivity index is 3.50. The second kappa shape index (κ2) is 8.29. The van der Waals surface area contributed by atoms with Gasteiger partial charge in [-0.2, -0.15) is 0 Å². The van der Waals surface area contributed by atoms with Gasteiger partial charge in [0.25, 0.3) is 0 Å². The Bertz CT molecular complexity index is 367. The number of rotatable bonds is 8. The zero-order valence-electron chi connectivity index (χ0n) is 15.1. The van der Waals surface area contributed by atoms with Crippen molar-refractivity contribution in [2.75, 3.05) is 54.8 Å². The summed E-state index contributed by atoms with van der Waals surface area (Å²) in [6.07, 6.45) is -0.512. The summed E-state index contributed by atoms with van der Waals surface area (Å²) in [5.41, 5.74) is 0. The highest BCUT2D eigenvalue weighted by Crippen LogP contribution is 2.39. The quantitative estimate of drug-likeness (QED) is 0.242. The molecule has 0 saturated carbocycles. The van der Waals surface area contributed by atoms with E-state index in [0.29, 0.717) is 0 Å². The highest BCUT2D eigenvalue weighted by molar-refractivity contribution is 4.99. The van der Waals surface area contributed by atoms with Gasteiger partial charge in [-0.25, -0.2) is 24.5 Å². The molecule has 0 bridgehead atoms. The topological polar surface area (TPSA) is 129 Å². The third-order valence-electron chi connectivity index (χ3n) is 5.50. The Hall–Kier alpha value is -0.440. The molecule has 0 aromatic carbocycles. The summed E-state index contributed by atoms with van der Waals surface area (Å²) in [5, 5.41) is 51.1. The normalized spacial score (nSPS) is 33.8. The van der Waals surface area contributed by atoms with E-state index in [0.717, 1.165) is 0 Å². The minimum atomic E-state index is -1.000. The maximum Gasteiger partial charge on any atom is 0.136 e. The lowest BCUT2D eigenvalue weighted by molar-refractivity contribution is -0.353. The second-order valence-electron chi connectivity index (χ2n) is 6.10. The van der Waals surface area contributed by atoms with Crippen molar-refractivity contribution in [2.45, 2.75) is 31.7 Å². The third kappa shape index (κ3) is 3.06. The van der Waals surface area contributed by atoms with Gasteiger partial charge in [-0.15, -0.1) is 0 Å². The molecule has 1 saturated heterocycles. The molecule has 1 fully saturated rings. The number of hydrogen-bond donors (Lipinski definition) is 6. The molecular weight excluding hydrogens is 320 g/mol. The summed E-state index contributed by atoms with van der Waals surface area (Å²) in [5.74, 6) is -2.00. The molecule has 6 N–H and O–H groups in total. The van der Waals surface area contributed by atoms with Gasteiger partial charge in [0.2, 0.25) is 0 Å². The fourth-order valence-corrected chi connectivity index (χ4v) is 3.45. The second-order valence-corrected chi connectivity index (χ2v) is 6.10. The van der Waals surface area contributed by atoms with Crippen molar-refractivity contribution in [3.8, 4) is 0 Å². The maximum absolute atomic E-state index is 9.70. The van der Waals surface area contributed by atoms with Crippen LogP contribution in [0.25, 0.3) is 0 Å². The van der Waals surface area contributed by atoms with Crippen LogP contribution >= 0.6 is 0 Å². The third-order valence-corrected chi connectivity index (χ3v) is 5.50. The molecule has 2 atom stereocenters. The van der Waals surface area contributed by atoms with E-state index < -0.39 is 44.8 Å². The first-order valence-electron chi connectivity index (χ1n) is 7.69. The van der Waals surface area contributed by atoms with Gasteiger partial charge < -0.3 is 25.5 Å². The van der Waals surface area contributed by atoms with E-state index in [1.807, 2.05) is 14.7 Å². The lowest BCUT2D eigenvalue weighted by Gasteiger charge is -2.68. The van der Waals surface area contributed by atoms with Crippen LogP contribution in [0.1, 0.15) is 13.8 Å². The highest BCUT2D eigenvalue weighted by atomic mass is 16.3. The van der Waals surface area contributed by atoms with Gasteiger partial charge in [-0.3, -0.25) is 5.32 Å². The van der Waals surface area contributed by atoms with Crippen molar-refractivity contribution in [3.63, 3.8) is 0 Å². The van der Waals surface area contributed by atoms with Crippen LogP contribution in [0, 0.1) is 0 Å². The fourth-order valence-electron chi connectivity index (χ4n) is 3.45. The van der Waals surface area contributed by atoms with Crippen LogP contribution in [0.5, 0.6) is 0 Å². The first-order chi connectivity index (χ1) is 11.2. The molecule has 0 amide bonds. The molecule has 1 aliphatic rings. The number of nitrogens with one attached hydrogen (secondary N) is 1. The van der Waals surface area contributed by atoms with E-state index >= 15 is 0 Å². The summed E-state index contributed by atoms with van der Waals surface area (Å²) in [7, 11) is 5.32. The van der Waals surface area contributed by atoms with Crippen molar-refractivity contribution < 1.29 is 25.5 Å². The van der Waals surface area contributed by atoms with E-state index in [-0.39, 0.29) is 6.73 Å². The van der Waals surface area contributed by atoms with E-state index in [1.54, 1.807) is 35.0 Å². The molecule has 11 heteroatoms. The fraction of sp³-hybridized carbons (Fsp3) is 1.00. The first-order valence-corrected chi connectivity index (χ1v) is 7.69. The van der Waals surface area contributed by atoms with Crippen LogP contribution < -0.4 is 5.32 Å². The Kier molecular flexibility index (Phi) is 7.46. The van der Waals surface area contributed by atoms with Crippen LogP contribution in [0.3, 0.4) is 0 Å². The number of hydrogen-bond acceptors (Lipinski definition) is 11. The summed E-state index contributed by atoms with van der Waals surface area (Å²) >= 11 is 0. The van der Waals surface area contributed by atoms with Gasteiger partial charge in [-0.05, 0) is 35.0 Å². The molecule has 0 radical (unpaired) electrons. The summed E-state index contributed by atoms with van der Waals surface area (Å²) in [6, 6.07) is 0. The predicted octanol–water partition coefficient (Wildman–Crippen LogP) is -3.63. The molecule has 0 aliphatic carbocycles. The zero-order chi connectivity index (χ0) is 18.7. The van der Waals surface area contributed by atoms with Gasteiger partial charge in [0, 0.05) is 0 Å². The number of nitrogens with zero attached hydrogens (tertiary/aromatic N) is 5. The standard InChI is InChI=1S/C13H32N6O5/c1-12(18(7-21)8-22)15(3)11(14-6-20)16(4)13(2,17(12)5)19(9-23)10-24/h11,14,20-24H,6-10H2,1-5H3. The Labute approximate surface area is 142 Å². The molecule has 11 nitrogen and oxygen atoms in total. The van der Waals surface area contributed by atoms with Gasteiger partial charge in [-0.1, -0.05) is 0 Å². The van der Waals surface area contributed by atoms with Crippen molar-refractivity contribution >= 4 is 0 Å². The minimum absolute atomic E-state index is 0.300. The average Bonchev–Trinajstić information content (AvgIpc) is 2.58. The van der Waals surface area contributed by atoms with Crippen molar-refractivity contribution in [1.29, 1.82) is 0 Å². The van der Waals surface area contributed by atoms with E-state index in [4.69, 9.17) is 0 Å². The van der Waals surface area contributed by atoms with Crippen LogP contribution in [0.2, 0.25) is 0 Å². The van der Waals surface area contributed by atoms with Crippen LogP contribution in [0.4, 0.5) is 0 Å². The molecule has 0 aromatic heterocycles. The van der Waals surface area contributed by atoms with Crippen LogP contribution in [-0.4, -0.2) is 123 Å². The van der Waals surface area contributed by atoms with E-state index in [9.17, 15) is 25.5 Å². The maximum atomic E-state index is 9.70. The van der Waals surface area contributed by atoms with Crippen LogP contribution in [-0.2, 0) is 0 Å². The Morgan fingerprint density at radius 1 is 0.792 bits per heavy atom. The van der Waals surface area contributed by atoms with Gasteiger partial charge in [0.15, 0.2) is 0 Å². The molecular formula is C13H32N6O5. The van der Waals surface area contributed by atoms with E-state index in [1.165, 1.54) is 9.80 Å². The molecule has 1 aliphatic heterocycles. The van der Waals surface area contributed by atoms with Gasteiger partial charge in [0.1, 0.15) is 44.8 Å². The average molecular weight is 352 g/mol. The lowest BCUT2D eigenvalue weighted by Crippen LogP contribution is -2.87. The number of aliphatic hydroxyl groups excluding tert-OH is 5. The first kappa shape index (κ1) is 21.6. The van der Waals surface area contributed by atoms with Gasteiger partial charge >= 0.3 is 0 Å². The summed E-state index contributed by atoms with van der Waals surface area (Å²) in [4.78, 5) is 8.29. The molecule has 0 spiro atoms. The highest BCUT2D eigenvalue weighted by Gasteiger charge is 2.59. The van der Waals surface area contributed by atoms with Crippen molar-refractivity contribution in [2.24, 2.45) is 0 Å². The Morgan fingerprint density at radius 3 is 1.38 bits per heavy atom. The van der Waals surface area contributed by atoms with Crippen LogP contribution in [0.15, 0.2) is 0 Å². The molecule has 1 heterocycles. The van der Waals surface area contributed by atoms with E-state index in [2.05, 4.69) is 5.32 Å². The summed E-state index contributed by atoms with van der Waals surface area (Å²) in [6.45, 7) is 1.65. The Morgan fingerprint density at radius 2 is 1.12 bits per heavy atom. The summed E-state index contributed by atoms with van der Waals surface area (Å²) < 4.78 is 0. The molecule has 144 valence electrons. The lowest BCUT2D eigenvalue weighted by atomic mass is 10.1. The minimum Gasteiger partial charge on any atom is -0.381 e. The predicted molar refractivity (Wildman–Crippen MR) is 86.1 cm³/mol. The molecule has 2 unspecified atom stereocenters. The van der Waals surface area contributed by atoms with Crippen molar-refractivity contribution in [3.05, 3.63) is 0 Å². The zero-order valence-corrected chi connectivity index (χ0v) is 15.1. The SMILES string of the molecule is CN1C(NCO)N(C)C(C)(N(CO)CO)N(C)C1(C)N(CO)CO.